The Kier molecular flexibility index (Phi) is 3.85. The number of ketones is 1. The van der Waals surface area contributed by atoms with Crippen LogP contribution in [0.25, 0.3) is 11.0 Å². The van der Waals surface area contributed by atoms with Gasteiger partial charge in [0.15, 0.2) is 17.1 Å². The lowest BCUT2D eigenvalue weighted by atomic mass is 10.1. The first-order valence-corrected chi connectivity index (χ1v) is 6.31. The van der Waals surface area contributed by atoms with Gasteiger partial charge in [0.2, 0.25) is 0 Å². The summed E-state index contributed by atoms with van der Waals surface area (Å²) in [5.41, 5.74) is 0.605. The molecule has 0 aliphatic carbocycles. The van der Waals surface area contributed by atoms with Crippen molar-refractivity contribution in [3.8, 4) is 0 Å². The minimum atomic E-state index is 0.0608. The fourth-order valence-corrected chi connectivity index (χ4v) is 2.04. The lowest BCUT2D eigenvalue weighted by molar-refractivity contribution is 0.0954. The van der Waals surface area contributed by atoms with Gasteiger partial charge in [0.25, 0.3) is 0 Å². The maximum absolute atomic E-state index is 11.9. The van der Waals surface area contributed by atoms with E-state index in [1.807, 2.05) is 12.1 Å². The highest BCUT2D eigenvalue weighted by Crippen LogP contribution is 2.27. The molecule has 1 heterocycles. The number of fused-ring (bicyclic) bond motifs is 1. The van der Waals surface area contributed by atoms with Crippen LogP contribution in [0.4, 0.5) is 0 Å². The topological polar surface area (TPSA) is 30.2 Å². The number of hydrogen-bond donors (Lipinski definition) is 0. The third kappa shape index (κ3) is 2.70. The number of hydrogen-bond acceptors (Lipinski definition) is 2. The van der Waals surface area contributed by atoms with Gasteiger partial charge in [-0.25, -0.2) is 0 Å². The zero-order valence-electron chi connectivity index (χ0n) is 9.83. The molecule has 3 heteroatoms. The van der Waals surface area contributed by atoms with Crippen molar-refractivity contribution in [3.63, 3.8) is 0 Å². The molecule has 17 heavy (non-hydrogen) atoms. The highest BCUT2D eigenvalue weighted by atomic mass is 35.5. The molecule has 0 aliphatic heterocycles. The number of carbonyl (C=O) groups is 1. The van der Waals surface area contributed by atoms with Crippen molar-refractivity contribution in [1.82, 2.24) is 0 Å². The summed E-state index contributed by atoms with van der Waals surface area (Å²) >= 11 is 6.00. The molecule has 0 N–H and O–H groups in total. The van der Waals surface area contributed by atoms with Crippen molar-refractivity contribution >= 4 is 28.4 Å². The summed E-state index contributed by atoms with van der Waals surface area (Å²) in [5.74, 6) is 0.481. The van der Waals surface area contributed by atoms with E-state index in [0.29, 0.717) is 22.8 Å². The zero-order chi connectivity index (χ0) is 12.3. The number of carbonyl (C=O) groups excluding carboxylic acids is 1. The summed E-state index contributed by atoms with van der Waals surface area (Å²) in [4.78, 5) is 11.9. The standard InChI is InChI=1S/C14H15ClO2/c1-2-3-4-8-12(16)13-9-10-6-5-7-11(15)14(10)17-13/h5-7,9H,2-4,8H2,1H3. The average Bonchev–Trinajstić information content (AvgIpc) is 2.75. The molecule has 90 valence electrons. The van der Waals surface area contributed by atoms with Crippen molar-refractivity contribution in [2.24, 2.45) is 0 Å². The van der Waals surface area contributed by atoms with Gasteiger partial charge >= 0.3 is 0 Å². The molecular formula is C14H15ClO2. The third-order valence-corrected chi connectivity index (χ3v) is 3.08. The Morgan fingerprint density at radius 3 is 2.88 bits per heavy atom. The van der Waals surface area contributed by atoms with Gasteiger partial charge in [0.05, 0.1) is 5.02 Å². The van der Waals surface area contributed by atoms with Crippen LogP contribution >= 0.6 is 11.6 Å². The van der Waals surface area contributed by atoms with Crippen molar-refractivity contribution < 1.29 is 9.21 Å². The Bertz CT molecular complexity index is 528. The van der Waals surface area contributed by atoms with E-state index in [1.54, 1.807) is 12.1 Å². The SMILES string of the molecule is CCCCCC(=O)c1cc2cccc(Cl)c2o1. The predicted molar refractivity (Wildman–Crippen MR) is 69.7 cm³/mol. The molecule has 0 aliphatic rings. The highest BCUT2D eigenvalue weighted by molar-refractivity contribution is 6.34. The Morgan fingerprint density at radius 1 is 1.35 bits per heavy atom. The Morgan fingerprint density at radius 2 is 2.18 bits per heavy atom. The number of benzene rings is 1. The predicted octanol–water partition coefficient (Wildman–Crippen LogP) is 4.85. The van der Waals surface area contributed by atoms with E-state index in [1.165, 1.54) is 0 Å². The van der Waals surface area contributed by atoms with Crippen LogP contribution in [0.3, 0.4) is 0 Å². The second-order valence-electron chi connectivity index (χ2n) is 4.15. The summed E-state index contributed by atoms with van der Waals surface area (Å²) in [6.07, 6.45) is 3.65. The molecular weight excluding hydrogens is 236 g/mol. The van der Waals surface area contributed by atoms with E-state index >= 15 is 0 Å². The number of Topliss-reactive ketones (excluding diaryl/α,β-unsaturated/α-hetero) is 1. The van der Waals surface area contributed by atoms with E-state index in [9.17, 15) is 4.79 Å². The third-order valence-electron chi connectivity index (χ3n) is 2.78. The van der Waals surface area contributed by atoms with Gasteiger partial charge < -0.3 is 4.42 Å². The quantitative estimate of drug-likeness (QED) is 0.561. The Balaban J connectivity index is 2.19. The molecule has 1 aromatic heterocycles. The minimum Gasteiger partial charge on any atom is -0.451 e. The normalized spacial score (nSPS) is 10.9. The van der Waals surface area contributed by atoms with Crippen molar-refractivity contribution in [3.05, 3.63) is 35.0 Å². The zero-order valence-corrected chi connectivity index (χ0v) is 10.6. The molecule has 2 aromatic rings. The largest absolute Gasteiger partial charge is 0.451 e. The number of rotatable bonds is 5. The molecule has 2 rings (SSSR count). The maximum atomic E-state index is 11.9. The smallest absolute Gasteiger partial charge is 0.198 e. The molecule has 0 fully saturated rings. The number of furan rings is 1. The first kappa shape index (κ1) is 12.2. The molecule has 0 atom stereocenters. The molecule has 0 saturated heterocycles. The minimum absolute atomic E-state index is 0.0608. The highest BCUT2D eigenvalue weighted by Gasteiger charge is 2.13. The van der Waals surface area contributed by atoms with Gasteiger partial charge in [0, 0.05) is 11.8 Å². The lowest BCUT2D eigenvalue weighted by Gasteiger charge is -1.95. The Labute approximate surface area is 106 Å². The number of halogens is 1. The monoisotopic (exact) mass is 250 g/mol. The van der Waals surface area contributed by atoms with Crippen LogP contribution in [-0.4, -0.2) is 5.78 Å². The van der Waals surface area contributed by atoms with Gasteiger partial charge in [-0.2, -0.15) is 0 Å². The van der Waals surface area contributed by atoms with E-state index in [0.717, 1.165) is 24.6 Å². The van der Waals surface area contributed by atoms with Crippen LogP contribution in [-0.2, 0) is 0 Å². The van der Waals surface area contributed by atoms with E-state index < -0.39 is 0 Å². The summed E-state index contributed by atoms with van der Waals surface area (Å²) in [7, 11) is 0. The molecule has 0 radical (unpaired) electrons. The molecule has 0 unspecified atom stereocenters. The van der Waals surface area contributed by atoms with Crippen molar-refractivity contribution in [1.29, 1.82) is 0 Å². The average molecular weight is 251 g/mol. The van der Waals surface area contributed by atoms with Crippen LogP contribution in [0.15, 0.2) is 28.7 Å². The molecule has 1 aromatic carbocycles. The molecule has 0 saturated carbocycles. The van der Waals surface area contributed by atoms with Gasteiger partial charge in [0.1, 0.15) is 0 Å². The first-order chi connectivity index (χ1) is 8.22. The van der Waals surface area contributed by atoms with Gasteiger partial charge in [-0.15, -0.1) is 0 Å². The van der Waals surface area contributed by atoms with Crippen LogP contribution < -0.4 is 0 Å². The fourth-order valence-electron chi connectivity index (χ4n) is 1.82. The van der Waals surface area contributed by atoms with Crippen molar-refractivity contribution in [2.75, 3.05) is 0 Å². The summed E-state index contributed by atoms with van der Waals surface area (Å²) in [5, 5.41) is 1.44. The second kappa shape index (κ2) is 5.37. The molecule has 0 spiro atoms. The van der Waals surface area contributed by atoms with E-state index in [2.05, 4.69) is 6.92 Å². The lowest BCUT2D eigenvalue weighted by Crippen LogP contribution is -1.96. The maximum Gasteiger partial charge on any atom is 0.198 e. The Hall–Kier alpha value is -1.28. The van der Waals surface area contributed by atoms with Crippen LogP contribution in [0.2, 0.25) is 5.02 Å². The second-order valence-corrected chi connectivity index (χ2v) is 4.56. The summed E-state index contributed by atoms with van der Waals surface area (Å²) in [6, 6.07) is 7.29. The molecule has 2 nitrogen and oxygen atoms in total. The van der Waals surface area contributed by atoms with Gasteiger partial charge in [-0.05, 0) is 18.6 Å². The van der Waals surface area contributed by atoms with Crippen LogP contribution in [0, 0.1) is 0 Å². The molecule has 0 bridgehead atoms. The molecule has 0 amide bonds. The number of para-hydroxylation sites is 1. The summed E-state index contributed by atoms with van der Waals surface area (Å²) in [6.45, 7) is 2.12. The number of unbranched alkanes of at least 4 members (excludes halogenated alkanes) is 2. The van der Waals surface area contributed by atoms with Gasteiger partial charge in [-0.3, -0.25) is 4.79 Å². The first-order valence-electron chi connectivity index (χ1n) is 5.93. The van der Waals surface area contributed by atoms with Crippen LogP contribution in [0.1, 0.15) is 43.2 Å². The van der Waals surface area contributed by atoms with Crippen molar-refractivity contribution in [2.45, 2.75) is 32.6 Å². The van der Waals surface area contributed by atoms with Gasteiger partial charge in [-0.1, -0.05) is 43.5 Å². The summed E-state index contributed by atoms with van der Waals surface area (Å²) < 4.78 is 5.51. The van der Waals surface area contributed by atoms with E-state index in [4.69, 9.17) is 16.0 Å². The van der Waals surface area contributed by atoms with E-state index in [-0.39, 0.29) is 5.78 Å². The fraction of sp³-hybridized carbons (Fsp3) is 0.357. The van der Waals surface area contributed by atoms with Crippen LogP contribution in [0.5, 0.6) is 0 Å².